The predicted molar refractivity (Wildman–Crippen MR) is 45.4 cm³/mol. The molecule has 0 bridgehead atoms. The molecule has 0 aliphatic heterocycles. The van der Waals surface area contributed by atoms with E-state index in [9.17, 15) is 8.42 Å². The standard InChI is InChI=1S/C3H10N4O2S2/c1-6(4)3(10)7(2)11(5,8)9/h4H2,1-2H3,(H2,5,8,9). The van der Waals surface area contributed by atoms with Crippen molar-refractivity contribution < 1.29 is 8.42 Å². The van der Waals surface area contributed by atoms with Crippen LogP contribution in [0.4, 0.5) is 0 Å². The number of nitrogens with zero attached hydrogens (tertiary/aromatic N) is 2. The van der Waals surface area contributed by atoms with E-state index in [2.05, 4.69) is 12.2 Å². The van der Waals surface area contributed by atoms with Crippen LogP contribution in [-0.4, -0.2) is 36.9 Å². The third-order valence-corrected chi connectivity index (χ3v) is 2.57. The van der Waals surface area contributed by atoms with E-state index in [1.165, 1.54) is 14.1 Å². The van der Waals surface area contributed by atoms with Crippen molar-refractivity contribution in [1.29, 1.82) is 0 Å². The van der Waals surface area contributed by atoms with Gasteiger partial charge in [-0.1, -0.05) is 0 Å². The van der Waals surface area contributed by atoms with Gasteiger partial charge >= 0.3 is 10.2 Å². The van der Waals surface area contributed by atoms with Crippen molar-refractivity contribution in [3.8, 4) is 0 Å². The number of rotatable bonds is 1. The first kappa shape index (κ1) is 10.6. The van der Waals surface area contributed by atoms with Crippen molar-refractivity contribution >= 4 is 27.5 Å². The number of nitrogens with two attached hydrogens (primary N) is 2. The van der Waals surface area contributed by atoms with Gasteiger partial charge in [0.2, 0.25) is 0 Å². The minimum absolute atomic E-state index is 0.0625. The van der Waals surface area contributed by atoms with Crippen LogP contribution in [0.3, 0.4) is 0 Å². The second kappa shape index (κ2) is 3.30. The van der Waals surface area contributed by atoms with Crippen molar-refractivity contribution in [1.82, 2.24) is 9.31 Å². The zero-order valence-corrected chi connectivity index (χ0v) is 7.82. The SMILES string of the molecule is CN(N)C(=S)N(C)S(N)(=O)=O. The molecule has 0 spiro atoms. The lowest BCUT2D eigenvalue weighted by atomic mass is 10.9. The van der Waals surface area contributed by atoms with Crippen LogP contribution >= 0.6 is 12.2 Å². The summed E-state index contributed by atoms with van der Waals surface area (Å²) in [5.74, 6) is 5.16. The van der Waals surface area contributed by atoms with E-state index in [4.69, 9.17) is 11.0 Å². The van der Waals surface area contributed by atoms with E-state index in [0.29, 0.717) is 4.31 Å². The van der Waals surface area contributed by atoms with E-state index >= 15 is 0 Å². The molecule has 0 aliphatic rings. The Hall–Kier alpha value is -0.440. The van der Waals surface area contributed by atoms with Gasteiger partial charge in [0, 0.05) is 14.1 Å². The van der Waals surface area contributed by atoms with Crippen LogP contribution < -0.4 is 11.0 Å². The molecule has 0 unspecified atom stereocenters. The van der Waals surface area contributed by atoms with Gasteiger partial charge < -0.3 is 0 Å². The third kappa shape index (κ3) is 2.97. The molecule has 0 aliphatic carbocycles. The Balaban J connectivity index is 4.53. The van der Waals surface area contributed by atoms with Gasteiger partial charge in [0.1, 0.15) is 0 Å². The first-order chi connectivity index (χ1) is 4.76. The summed E-state index contributed by atoms with van der Waals surface area (Å²) in [6, 6.07) is 0. The molecule has 0 aromatic heterocycles. The van der Waals surface area contributed by atoms with Crippen LogP contribution in [0.5, 0.6) is 0 Å². The van der Waals surface area contributed by atoms with Gasteiger partial charge in [0.15, 0.2) is 5.11 Å². The molecule has 0 saturated heterocycles. The van der Waals surface area contributed by atoms with Crippen LogP contribution in [0.15, 0.2) is 0 Å². The third-order valence-electron chi connectivity index (χ3n) is 0.953. The van der Waals surface area contributed by atoms with Crippen LogP contribution in [0.25, 0.3) is 0 Å². The average molecular weight is 198 g/mol. The lowest BCUT2D eigenvalue weighted by molar-refractivity contribution is 0.478. The fraction of sp³-hybridized carbons (Fsp3) is 0.667. The van der Waals surface area contributed by atoms with Gasteiger partial charge in [-0.15, -0.1) is 0 Å². The molecular weight excluding hydrogens is 188 g/mol. The number of hydrazine groups is 1. The first-order valence-corrected chi connectivity index (χ1v) is 4.47. The van der Waals surface area contributed by atoms with E-state index in [1.807, 2.05) is 0 Å². The summed E-state index contributed by atoms with van der Waals surface area (Å²) in [5, 5.41) is 5.67. The minimum atomic E-state index is -3.78. The fourth-order valence-corrected chi connectivity index (χ4v) is 0.989. The predicted octanol–water partition coefficient (Wildman–Crippen LogP) is -1.79. The largest absolute Gasteiger partial charge is 0.300 e. The molecule has 66 valence electrons. The highest BCUT2D eigenvalue weighted by Gasteiger charge is 2.16. The maximum absolute atomic E-state index is 10.6. The van der Waals surface area contributed by atoms with E-state index in [-0.39, 0.29) is 5.11 Å². The Morgan fingerprint density at radius 2 is 1.82 bits per heavy atom. The molecule has 0 rings (SSSR count). The van der Waals surface area contributed by atoms with Crippen LogP contribution in [0, 0.1) is 0 Å². The van der Waals surface area contributed by atoms with Crippen LogP contribution in [-0.2, 0) is 10.2 Å². The molecule has 11 heavy (non-hydrogen) atoms. The molecule has 0 saturated carbocycles. The smallest absolute Gasteiger partial charge is 0.290 e. The maximum Gasteiger partial charge on any atom is 0.300 e. The van der Waals surface area contributed by atoms with Gasteiger partial charge in [-0.05, 0) is 12.2 Å². The molecule has 0 heterocycles. The van der Waals surface area contributed by atoms with Gasteiger partial charge in [0.05, 0.1) is 0 Å². The van der Waals surface area contributed by atoms with E-state index in [0.717, 1.165) is 5.01 Å². The van der Waals surface area contributed by atoms with Crippen molar-refractivity contribution in [3.63, 3.8) is 0 Å². The van der Waals surface area contributed by atoms with Gasteiger partial charge in [0.25, 0.3) is 0 Å². The molecule has 4 N–H and O–H groups in total. The summed E-state index contributed by atoms with van der Waals surface area (Å²) in [6.07, 6.45) is 0. The summed E-state index contributed by atoms with van der Waals surface area (Å²) in [7, 11) is -1.13. The normalized spacial score (nSPS) is 10.9. The summed E-state index contributed by atoms with van der Waals surface area (Å²) in [5.41, 5.74) is 0. The van der Waals surface area contributed by atoms with E-state index in [1.54, 1.807) is 0 Å². The highest BCUT2D eigenvalue weighted by Crippen LogP contribution is 1.93. The molecule has 0 aromatic carbocycles. The van der Waals surface area contributed by atoms with Crippen LogP contribution in [0.2, 0.25) is 0 Å². The van der Waals surface area contributed by atoms with Crippen LogP contribution in [0.1, 0.15) is 0 Å². The topological polar surface area (TPSA) is 92.7 Å². The van der Waals surface area contributed by atoms with Crippen molar-refractivity contribution in [2.45, 2.75) is 0 Å². The zero-order valence-electron chi connectivity index (χ0n) is 6.18. The Morgan fingerprint density at radius 3 is 1.91 bits per heavy atom. The monoisotopic (exact) mass is 198 g/mol. The Kier molecular flexibility index (Phi) is 3.17. The maximum atomic E-state index is 10.6. The van der Waals surface area contributed by atoms with Crippen molar-refractivity contribution in [2.75, 3.05) is 14.1 Å². The van der Waals surface area contributed by atoms with E-state index < -0.39 is 10.2 Å². The zero-order chi connectivity index (χ0) is 9.23. The first-order valence-electron chi connectivity index (χ1n) is 2.56. The van der Waals surface area contributed by atoms with Crippen molar-refractivity contribution in [3.05, 3.63) is 0 Å². The number of hydrogen-bond acceptors (Lipinski definition) is 4. The highest BCUT2D eigenvalue weighted by atomic mass is 32.2. The summed E-state index contributed by atoms with van der Waals surface area (Å²) >= 11 is 4.62. The molecule has 0 amide bonds. The molecule has 8 heteroatoms. The minimum Gasteiger partial charge on any atom is -0.290 e. The summed E-state index contributed by atoms with van der Waals surface area (Å²) in [4.78, 5) is 0. The average Bonchev–Trinajstić information content (AvgIpc) is 1.82. The lowest BCUT2D eigenvalue weighted by Crippen LogP contribution is -2.47. The molecule has 0 atom stereocenters. The fourth-order valence-electron chi connectivity index (χ4n) is 0.331. The quantitative estimate of drug-likeness (QED) is 0.295. The summed E-state index contributed by atoms with van der Waals surface area (Å²) < 4.78 is 21.9. The summed E-state index contributed by atoms with van der Waals surface area (Å²) in [6.45, 7) is 0. The van der Waals surface area contributed by atoms with Gasteiger partial charge in [-0.25, -0.2) is 15.3 Å². The second-order valence-electron chi connectivity index (χ2n) is 1.91. The molecule has 6 nitrogen and oxygen atoms in total. The molecular formula is C3H10N4O2S2. The van der Waals surface area contributed by atoms with Crippen molar-refractivity contribution in [2.24, 2.45) is 11.0 Å². The number of thiocarbonyl (C=S) groups is 1. The Bertz CT molecular complexity index is 246. The lowest BCUT2D eigenvalue weighted by Gasteiger charge is -2.21. The van der Waals surface area contributed by atoms with Gasteiger partial charge in [-0.2, -0.15) is 8.42 Å². The number of hydrogen-bond donors (Lipinski definition) is 2. The highest BCUT2D eigenvalue weighted by molar-refractivity contribution is 7.89. The molecule has 0 fully saturated rings. The molecule has 0 aromatic rings. The second-order valence-corrected chi connectivity index (χ2v) is 3.85. The molecule has 0 radical (unpaired) electrons. The Morgan fingerprint density at radius 1 is 1.45 bits per heavy atom. The van der Waals surface area contributed by atoms with Gasteiger partial charge in [-0.3, -0.25) is 5.01 Å². The Labute approximate surface area is 70.9 Å².